The van der Waals surface area contributed by atoms with E-state index in [9.17, 15) is 5.11 Å². The lowest BCUT2D eigenvalue weighted by Gasteiger charge is -2.02. The van der Waals surface area contributed by atoms with Crippen molar-refractivity contribution in [1.82, 2.24) is 4.98 Å². The number of oxazole rings is 1. The minimum atomic E-state index is 0.0976. The summed E-state index contributed by atoms with van der Waals surface area (Å²) in [4.78, 5) is 4.50. The predicted octanol–water partition coefficient (Wildman–Crippen LogP) is 4.37. The molecule has 4 heteroatoms. The molecule has 1 heterocycles. The molecule has 3 N–H and O–H groups in total. The molecule has 4 aromatic rings. The Morgan fingerprint density at radius 2 is 1.79 bits per heavy atom. The van der Waals surface area contributed by atoms with Crippen LogP contribution in [0.2, 0.25) is 0 Å². The molecule has 118 valence electrons. The SMILES string of the molecule is Nc1ccc(O)c(-c2nc3cccc(Cc4ccccc4)c3o2)c1. The molecular formula is C20H16N2O2. The molecule has 0 bridgehead atoms. The van der Waals surface area contributed by atoms with Gasteiger partial charge < -0.3 is 15.3 Å². The summed E-state index contributed by atoms with van der Waals surface area (Å²) in [7, 11) is 0. The van der Waals surface area contributed by atoms with Crippen molar-refractivity contribution in [3.05, 3.63) is 77.9 Å². The molecule has 0 atom stereocenters. The zero-order chi connectivity index (χ0) is 16.5. The Morgan fingerprint density at radius 3 is 2.62 bits per heavy atom. The lowest BCUT2D eigenvalue weighted by molar-refractivity contribution is 0.474. The number of hydrogen-bond donors (Lipinski definition) is 2. The fraction of sp³-hybridized carbons (Fsp3) is 0.0500. The van der Waals surface area contributed by atoms with Crippen molar-refractivity contribution in [2.75, 3.05) is 5.73 Å². The molecule has 1 aromatic heterocycles. The molecule has 0 aliphatic carbocycles. The lowest BCUT2D eigenvalue weighted by Crippen LogP contribution is -1.87. The van der Waals surface area contributed by atoms with Crippen LogP contribution in [0.5, 0.6) is 5.75 Å². The van der Waals surface area contributed by atoms with Gasteiger partial charge in [-0.25, -0.2) is 4.98 Å². The number of aromatic hydroxyl groups is 1. The molecule has 0 unspecified atom stereocenters. The van der Waals surface area contributed by atoms with Gasteiger partial charge in [-0.15, -0.1) is 0 Å². The van der Waals surface area contributed by atoms with Crippen LogP contribution in [0.15, 0.2) is 71.1 Å². The number of aromatic nitrogens is 1. The van der Waals surface area contributed by atoms with Crippen molar-refractivity contribution in [3.8, 4) is 17.2 Å². The first-order valence-electron chi connectivity index (χ1n) is 7.72. The molecule has 0 radical (unpaired) electrons. The summed E-state index contributed by atoms with van der Waals surface area (Å²) in [6, 6.07) is 21.0. The summed E-state index contributed by atoms with van der Waals surface area (Å²) in [5, 5.41) is 10.1. The van der Waals surface area contributed by atoms with Crippen molar-refractivity contribution >= 4 is 16.8 Å². The minimum Gasteiger partial charge on any atom is -0.507 e. The number of fused-ring (bicyclic) bond motifs is 1. The summed E-state index contributed by atoms with van der Waals surface area (Å²) in [6.45, 7) is 0. The van der Waals surface area contributed by atoms with Gasteiger partial charge in [-0.2, -0.15) is 0 Å². The third-order valence-corrected chi connectivity index (χ3v) is 3.98. The molecule has 0 aliphatic rings. The number of rotatable bonds is 3. The first-order chi connectivity index (χ1) is 11.7. The van der Waals surface area contributed by atoms with Crippen LogP contribution < -0.4 is 5.73 Å². The second kappa shape index (κ2) is 5.74. The van der Waals surface area contributed by atoms with Crippen LogP contribution in [0.4, 0.5) is 5.69 Å². The highest BCUT2D eigenvalue weighted by Gasteiger charge is 2.15. The maximum atomic E-state index is 10.1. The number of phenolic OH excluding ortho intramolecular Hbond substituents is 1. The zero-order valence-electron chi connectivity index (χ0n) is 12.9. The minimum absolute atomic E-state index is 0.0976. The van der Waals surface area contributed by atoms with E-state index in [2.05, 4.69) is 17.1 Å². The maximum absolute atomic E-state index is 10.1. The van der Waals surface area contributed by atoms with E-state index in [1.165, 1.54) is 5.56 Å². The maximum Gasteiger partial charge on any atom is 0.231 e. The molecule has 4 nitrogen and oxygen atoms in total. The van der Waals surface area contributed by atoms with E-state index in [4.69, 9.17) is 10.2 Å². The van der Waals surface area contributed by atoms with Crippen LogP contribution in [-0.2, 0) is 6.42 Å². The van der Waals surface area contributed by atoms with E-state index >= 15 is 0 Å². The van der Waals surface area contributed by atoms with Crippen LogP contribution in [0.25, 0.3) is 22.6 Å². The largest absolute Gasteiger partial charge is 0.507 e. The number of anilines is 1. The first kappa shape index (κ1) is 14.3. The van der Waals surface area contributed by atoms with E-state index in [1.807, 2.05) is 36.4 Å². The van der Waals surface area contributed by atoms with Crippen LogP contribution >= 0.6 is 0 Å². The van der Waals surface area contributed by atoms with E-state index < -0.39 is 0 Å². The number of nitrogens with two attached hydrogens (primary N) is 1. The van der Waals surface area contributed by atoms with Gasteiger partial charge >= 0.3 is 0 Å². The molecule has 0 aliphatic heterocycles. The van der Waals surface area contributed by atoms with Crippen LogP contribution in [0, 0.1) is 0 Å². The fourth-order valence-electron chi connectivity index (χ4n) is 2.80. The standard InChI is InChI=1S/C20H16N2O2/c21-15-9-10-18(23)16(12-15)20-22-17-8-4-7-14(19(17)24-20)11-13-5-2-1-3-6-13/h1-10,12,23H,11,21H2. The van der Waals surface area contributed by atoms with Crippen molar-refractivity contribution in [2.24, 2.45) is 0 Å². The summed E-state index contributed by atoms with van der Waals surface area (Å²) in [5.74, 6) is 0.468. The van der Waals surface area contributed by atoms with Gasteiger partial charge in [-0.1, -0.05) is 42.5 Å². The monoisotopic (exact) mass is 316 g/mol. The Morgan fingerprint density at radius 1 is 0.958 bits per heavy atom. The topological polar surface area (TPSA) is 72.3 Å². The van der Waals surface area contributed by atoms with Gasteiger partial charge in [0.05, 0.1) is 5.56 Å². The molecule has 3 aromatic carbocycles. The molecule has 0 fully saturated rings. The van der Waals surface area contributed by atoms with Gasteiger partial charge in [0.25, 0.3) is 0 Å². The van der Waals surface area contributed by atoms with Crippen molar-refractivity contribution < 1.29 is 9.52 Å². The predicted molar refractivity (Wildman–Crippen MR) is 94.8 cm³/mol. The number of para-hydroxylation sites is 1. The van der Waals surface area contributed by atoms with Crippen molar-refractivity contribution in [2.45, 2.75) is 6.42 Å². The number of nitrogen functional groups attached to an aromatic ring is 1. The highest BCUT2D eigenvalue weighted by Crippen LogP contribution is 2.33. The van der Waals surface area contributed by atoms with Gasteiger partial charge in [0.1, 0.15) is 11.3 Å². The van der Waals surface area contributed by atoms with E-state index in [-0.39, 0.29) is 5.75 Å². The molecule has 24 heavy (non-hydrogen) atoms. The van der Waals surface area contributed by atoms with E-state index in [0.29, 0.717) is 17.1 Å². The molecule has 0 spiro atoms. The molecular weight excluding hydrogens is 300 g/mol. The first-order valence-corrected chi connectivity index (χ1v) is 7.72. The fourth-order valence-corrected chi connectivity index (χ4v) is 2.80. The van der Waals surface area contributed by atoms with Gasteiger partial charge in [0, 0.05) is 17.7 Å². The third kappa shape index (κ3) is 2.58. The number of hydrogen-bond acceptors (Lipinski definition) is 4. The second-order valence-electron chi connectivity index (χ2n) is 5.72. The summed E-state index contributed by atoms with van der Waals surface area (Å²) >= 11 is 0. The lowest BCUT2D eigenvalue weighted by atomic mass is 10.0. The Labute approximate surface area is 139 Å². The zero-order valence-corrected chi connectivity index (χ0v) is 12.9. The number of phenols is 1. The Kier molecular flexibility index (Phi) is 3.43. The van der Waals surface area contributed by atoms with Crippen LogP contribution in [0.3, 0.4) is 0 Å². The molecule has 4 rings (SSSR count). The quantitative estimate of drug-likeness (QED) is 0.435. The van der Waals surface area contributed by atoms with Crippen LogP contribution in [0.1, 0.15) is 11.1 Å². The normalized spacial score (nSPS) is 11.0. The van der Waals surface area contributed by atoms with E-state index in [1.54, 1.807) is 18.2 Å². The van der Waals surface area contributed by atoms with Gasteiger partial charge in [-0.3, -0.25) is 0 Å². The Hall–Kier alpha value is -3.27. The van der Waals surface area contributed by atoms with Crippen LogP contribution in [-0.4, -0.2) is 10.1 Å². The molecule has 0 saturated carbocycles. The summed E-state index contributed by atoms with van der Waals surface area (Å²) in [6.07, 6.45) is 0.760. The average Bonchev–Trinajstić information content (AvgIpc) is 3.03. The van der Waals surface area contributed by atoms with Gasteiger partial charge in [0.15, 0.2) is 5.58 Å². The smallest absolute Gasteiger partial charge is 0.231 e. The summed E-state index contributed by atoms with van der Waals surface area (Å²) in [5.41, 5.74) is 10.6. The van der Waals surface area contributed by atoms with E-state index in [0.717, 1.165) is 23.1 Å². The van der Waals surface area contributed by atoms with Crippen molar-refractivity contribution in [3.63, 3.8) is 0 Å². The highest BCUT2D eigenvalue weighted by molar-refractivity contribution is 5.81. The number of nitrogens with zero attached hydrogens (tertiary/aromatic N) is 1. The third-order valence-electron chi connectivity index (χ3n) is 3.98. The Bertz CT molecular complexity index is 1010. The average molecular weight is 316 g/mol. The van der Waals surface area contributed by atoms with Gasteiger partial charge in [0.2, 0.25) is 5.89 Å². The molecule has 0 saturated heterocycles. The summed E-state index contributed by atoms with van der Waals surface area (Å²) < 4.78 is 5.97. The van der Waals surface area contributed by atoms with Gasteiger partial charge in [-0.05, 0) is 29.8 Å². The van der Waals surface area contributed by atoms with Crippen molar-refractivity contribution in [1.29, 1.82) is 0 Å². The highest BCUT2D eigenvalue weighted by atomic mass is 16.3. The Balaban J connectivity index is 1.81. The second-order valence-corrected chi connectivity index (χ2v) is 5.72. The number of benzene rings is 3. The molecule has 0 amide bonds.